The van der Waals surface area contributed by atoms with Crippen LogP contribution in [0.1, 0.15) is 82.0 Å². The summed E-state index contributed by atoms with van der Waals surface area (Å²) in [7, 11) is 0. The van der Waals surface area contributed by atoms with Gasteiger partial charge < -0.3 is 0 Å². The zero-order chi connectivity index (χ0) is 24.3. The number of nitrogens with zero attached hydrogens (tertiary/aromatic N) is 8. The first-order valence-electron chi connectivity index (χ1n) is 13.7. The van der Waals surface area contributed by atoms with Gasteiger partial charge in [0.15, 0.2) is 17.8 Å². The van der Waals surface area contributed by atoms with Crippen LogP contribution in [0.2, 0.25) is 0 Å². The van der Waals surface area contributed by atoms with Gasteiger partial charge in [-0.25, -0.2) is 14.5 Å². The highest BCUT2D eigenvalue weighted by atomic mass is 32.1. The first kappa shape index (κ1) is 21.6. The number of fused-ring (bicyclic) bond motifs is 5. The Balaban J connectivity index is 1.16. The molecule has 9 rings (SSSR count). The molecule has 2 unspecified atom stereocenters. The Morgan fingerprint density at radius 2 is 1.97 bits per heavy atom. The van der Waals surface area contributed by atoms with E-state index < -0.39 is 0 Å². The SMILES string of the molecule is CC(C)(C)[C@H]1CCc2c(sc3ncn4nc(CC56C[C@H]7C[C@@H](C5)CC(n5ncnn5)(C7)C6)nc4c23)C1. The lowest BCUT2D eigenvalue weighted by molar-refractivity contribution is -0.112. The number of thiophene rings is 1. The Kier molecular flexibility index (Phi) is 4.28. The van der Waals surface area contributed by atoms with E-state index in [1.54, 1.807) is 6.33 Å². The number of tetrazole rings is 1. The van der Waals surface area contributed by atoms with Gasteiger partial charge >= 0.3 is 0 Å². The lowest BCUT2D eigenvalue weighted by Gasteiger charge is -2.61. The van der Waals surface area contributed by atoms with Crippen molar-refractivity contribution in [2.75, 3.05) is 0 Å². The summed E-state index contributed by atoms with van der Waals surface area (Å²) < 4.78 is 1.95. The fourth-order valence-electron chi connectivity index (χ4n) is 9.00. The molecule has 5 aliphatic carbocycles. The summed E-state index contributed by atoms with van der Waals surface area (Å²) in [4.78, 5) is 14.7. The highest BCUT2D eigenvalue weighted by Gasteiger charge is 2.59. The molecule has 0 aliphatic heterocycles. The third-order valence-corrected chi connectivity index (χ3v) is 11.3. The van der Waals surface area contributed by atoms with Crippen molar-refractivity contribution >= 4 is 27.2 Å². The molecule has 188 valence electrons. The third kappa shape index (κ3) is 3.10. The number of aromatic nitrogens is 8. The van der Waals surface area contributed by atoms with E-state index in [1.807, 2.05) is 27.0 Å². The molecule has 0 N–H and O–H groups in total. The summed E-state index contributed by atoms with van der Waals surface area (Å²) in [5.74, 6) is 3.21. The number of aryl methyl sites for hydroxylation is 1. The fourth-order valence-corrected chi connectivity index (χ4v) is 10.3. The molecular weight excluding hydrogens is 468 g/mol. The average Bonchev–Trinajstić information content (AvgIpc) is 3.54. The summed E-state index contributed by atoms with van der Waals surface area (Å²) in [5.41, 5.74) is 3.11. The average molecular weight is 503 g/mol. The predicted octanol–water partition coefficient (Wildman–Crippen LogP) is 5.01. The van der Waals surface area contributed by atoms with Crippen LogP contribution in [0.15, 0.2) is 12.7 Å². The minimum atomic E-state index is 0.0323. The maximum Gasteiger partial charge on any atom is 0.167 e. The van der Waals surface area contributed by atoms with Crippen molar-refractivity contribution in [3.05, 3.63) is 28.9 Å². The van der Waals surface area contributed by atoms with Crippen molar-refractivity contribution in [1.82, 2.24) is 39.8 Å². The monoisotopic (exact) mass is 502 g/mol. The van der Waals surface area contributed by atoms with Crippen molar-refractivity contribution in [2.45, 2.75) is 90.5 Å². The molecule has 4 aromatic rings. The van der Waals surface area contributed by atoms with Crippen molar-refractivity contribution in [3.63, 3.8) is 0 Å². The first-order chi connectivity index (χ1) is 17.3. The zero-order valence-corrected chi connectivity index (χ0v) is 22.3. The van der Waals surface area contributed by atoms with Crippen LogP contribution < -0.4 is 0 Å². The first-order valence-corrected chi connectivity index (χ1v) is 14.5. The van der Waals surface area contributed by atoms with Crippen molar-refractivity contribution in [3.8, 4) is 0 Å². The molecule has 0 amide bonds. The van der Waals surface area contributed by atoms with Gasteiger partial charge in [0.1, 0.15) is 11.2 Å². The van der Waals surface area contributed by atoms with E-state index in [2.05, 4.69) is 36.2 Å². The molecule has 5 atom stereocenters. The minimum Gasteiger partial charge on any atom is -0.225 e. The van der Waals surface area contributed by atoms with Crippen LogP contribution in [0.5, 0.6) is 0 Å². The lowest BCUT2D eigenvalue weighted by Crippen LogP contribution is -2.57. The lowest BCUT2D eigenvalue weighted by atomic mass is 9.46. The molecule has 4 fully saturated rings. The van der Waals surface area contributed by atoms with Gasteiger partial charge in [-0.1, -0.05) is 20.8 Å². The number of hydrogen-bond donors (Lipinski definition) is 0. The van der Waals surface area contributed by atoms with Crippen LogP contribution in [0.4, 0.5) is 0 Å². The second-order valence-electron chi connectivity index (χ2n) is 13.6. The van der Waals surface area contributed by atoms with Crippen LogP contribution in [-0.2, 0) is 24.8 Å². The van der Waals surface area contributed by atoms with Crippen LogP contribution in [0.25, 0.3) is 15.9 Å². The van der Waals surface area contributed by atoms with E-state index in [1.165, 1.54) is 54.4 Å². The summed E-state index contributed by atoms with van der Waals surface area (Å²) >= 11 is 1.88. The smallest absolute Gasteiger partial charge is 0.167 e. The Morgan fingerprint density at radius 1 is 1.14 bits per heavy atom. The van der Waals surface area contributed by atoms with Gasteiger partial charge in [-0.05, 0) is 97.1 Å². The van der Waals surface area contributed by atoms with Crippen LogP contribution in [0.3, 0.4) is 0 Å². The molecule has 0 spiro atoms. The third-order valence-electron chi connectivity index (χ3n) is 10.1. The number of rotatable bonds is 3. The molecule has 4 saturated carbocycles. The van der Waals surface area contributed by atoms with E-state index in [0.717, 1.165) is 59.7 Å². The standard InChI is InChI=1S/C27H34N8S/c1-25(2,3)18-4-5-19-20(7-18)36-24-22(19)23-31-21(32-34(23)15-28-24)12-26-8-16-6-17(9-26)11-27(10-16,13-26)35-30-14-29-33-35/h14-18H,4-13H2,1-3H3/t16-,17+,18-,26?,27?/m0/s1. The van der Waals surface area contributed by atoms with Gasteiger partial charge in [0.25, 0.3) is 0 Å². The van der Waals surface area contributed by atoms with Gasteiger partial charge in [0.05, 0.1) is 10.9 Å². The molecular formula is C27H34N8S. The Hall–Kier alpha value is -2.42. The van der Waals surface area contributed by atoms with Crippen molar-refractivity contribution < 1.29 is 0 Å². The second-order valence-corrected chi connectivity index (χ2v) is 14.7. The minimum absolute atomic E-state index is 0.0323. The van der Waals surface area contributed by atoms with Gasteiger partial charge in [-0.2, -0.15) is 4.80 Å². The molecule has 0 aromatic carbocycles. The molecule has 5 aliphatic rings. The topological polar surface area (TPSA) is 86.7 Å². The van der Waals surface area contributed by atoms with Gasteiger partial charge in [-0.3, -0.25) is 0 Å². The molecule has 4 bridgehead atoms. The van der Waals surface area contributed by atoms with Crippen molar-refractivity contribution in [1.29, 1.82) is 0 Å². The molecule has 0 saturated heterocycles. The molecule has 9 heteroatoms. The largest absolute Gasteiger partial charge is 0.225 e. The highest BCUT2D eigenvalue weighted by molar-refractivity contribution is 7.19. The second kappa shape index (κ2) is 7.11. The molecule has 36 heavy (non-hydrogen) atoms. The molecule has 4 heterocycles. The quantitative estimate of drug-likeness (QED) is 0.391. The van der Waals surface area contributed by atoms with Gasteiger partial charge in [0.2, 0.25) is 0 Å². The van der Waals surface area contributed by atoms with Gasteiger partial charge in [0, 0.05) is 11.3 Å². The Morgan fingerprint density at radius 3 is 2.72 bits per heavy atom. The van der Waals surface area contributed by atoms with E-state index in [-0.39, 0.29) is 11.0 Å². The Bertz CT molecular complexity index is 1460. The zero-order valence-electron chi connectivity index (χ0n) is 21.4. The van der Waals surface area contributed by atoms with E-state index in [0.29, 0.717) is 5.41 Å². The van der Waals surface area contributed by atoms with Crippen LogP contribution >= 0.6 is 11.3 Å². The predicted molar refractivity (Wildman–Crippen MR) is 138 cm³/mol. The number of hydrogen-bond acceptors (Lipinski definition) is 7. The van der Waals surface area contributed by atoms with E-state index in [9.17, 15) is 0 Å². The van der Waals surface area contributed by atoms with Crippen LogP contribution in [-0.4, -0.2) is 39.8 Å². The summed E-state index contributed by atoms with van der Waals surface area (Å²) in [6, 6.07) is 0. The van der Waals surface area contributed by atoms with Gasteiger partial charge in [-0.15, -0.1) is 26.6 Å². The fraction of sp³-hybridized carbons (Fsp3) is 0.704. The summed E-state index contributed by atoms with van der Waals surface area (Å²) in [6.45, 7) is 7.14. The molecule has 4 aromatic heterocycles. The van der Waals surface area contributed by atoms with E-state index >= 15 is 0 Å². The normalized spacial score (nSPS) is 33.6. The summed E-state index contributed by atoms with van der Waals surface area (Å²) in [5, 5.41) is 19.2. The molecule has 8 nitrogen and oxygen atoms in total. The summed E-state index contributed by atoms with van der Waals surface area (Å²) in [6.07, 6.45) is 15.4. The van der Waals surface area contributed by atoms with Crippen molar-refractivity contribution in [2.24, 2.45) is 28.6 Å². The maximum atomic E-state index is 5.22. The molecule has 0 radical (unpaired) electrons. The van der Waals surface area contributed by atoms with Crippen LogP contribution in [0, 0.1) is 28.6 Å². The highest BCUT2D eigenvalue weighted by Crippen LogP contribution is 2.64. The Labute approximate surface area is 214 Å². The van der Waals surface area contributed by atoms with E-state index in [4.69, 9.17) is 15.1 Å². The maximum absolute atomic E-state index is 5.22.